The zero-order valence-electron chi connectivity index (χ0n) is 34.2. The lowest BCUT2D eigenvalue weighted by molar-refractivity contribution is -0.0399. The monoisotopic (exact) mass is 709 g/mol. The van der Waals surface area contributed by atoms with E-state index >= 15 is 0 Å². The summed E-state index contributed by atoms with van der Waals surface area (Å²) < 4.78 is 0. The van der Waals surface area contributed by atoms with Crippen LogP contribution in [-0.4, -0.2) is 0 Å². The van der Waals surface area contributed by atoms with Gasteiger partial charge in [0.25, 0.3) is 0 Å². The molecule has 11 aliphatic rings. The molecule has 0 heteroatoms. The van der Waals surface area contributed by atoms with E-state index in [0.29, 0.717) is 0 Å². The van der Waals surface area contributed by atoms with Crippen LogP contribution in [-0.2, 0) is 0 Å². The van der Waals surface area contributed by atoms with Crippen LogP contribution < -0.4 is 0 Å². The molecule has 11 rings (SSSR count). The fourth-order valence-electron chi connectivity index (χ4n) is 20.0. The quantitative estimate of drug-likeness (QED) is 0.273. The van der Waals surface area contributed by atoms with Crippen molar-refractivity contribution in [1.82, 2.24) is 0 Å². The van der Waals surface area contributed by atoms with Crippen LogP contribution in [0.5, 0.6) is 0 Å². The number of fused-ring (bicyclic) bond motifs is 8. The molecule has 292 valence electrons. The standard InChI is InChI=1S/C52H84/c1-2-10-33(11-3-1)43-29-47-30-45-23-36-14-6-7-15-37(36)31-50(45)52(47)51(32-43)46-27-41(38-19-18-34-12-4-5-13-35(34)22-38)26-42(28-46)39-20-21-49-44(24-39)25-40-16-8-9-17-48(40)49/h33-52H,1-32H2. The first kappa shape index (κ1) is 35.2. The third kappa shape index (κ3) is 6.59. The summed E-state index contributed by atoms with van der Waals surface area (Å²) >= 11 is 0. The SMILES string of the molecule is C1CCC(C2CC3CC4CC5CCCCC5CC4C3C(C3CC(C4CCC5CCCCC5C4)CC(C4CCC5C(C4)CC4CCCCC45)C3)C2)CC1. The minimum absolute atomic E-state index is 1.11. The molecule has 0 bridgehead atoms. The molecule has 52 heavy (non-hydrogen) atoms. The van der Waals surface area contributed by atoms with E-state index < -0.39 is 0 Å². The van der Waals surface area contributed by atoms with Gasteiger partial charge in [0.05, 0.1) is 0 Å². The van der Waals surface area contributed by atoms with Crippen LogP contribution in [0.25, 0.3) is 0 Å². The third-order valence-electron chi connectivity index (χ3n) is 22.0. The van der Waals surface area contributed by atoms with Crippen LogP contribution in [0.2, 0.25) is 0 Å². The van der Waals surface area contributed by atoms with Crippen molar-refractivity contribution in [3.8, 4) is 0 Å². The summed E-state index contributed by atoms with van der Waals surface area (Å²) in [5.74, 6) is 22.6. The number of rotatable bonds is 4. The fraction of sp³-hybridized carbons (Fsp3) is 1.00. The summed E-state index contributed by atoms with van der Waals surface area (Å²) in [7, 11) is 0. The zero-order valence-corrected chi connectivity index (χ0v) is 34.2. The second kappa shape index (κ2) is 15.1. The van der Waals surface area contributed by atoms with Crippen molar-refractivity contribution >= 4 is 0 Å². The molecule has 0 N–H and O–H groups in total. The highest BCUT2D eigenvalue weighted by atomic mass is 14.6. The van der Waals surface area contributed by atoms with Gasteiger partial charge < -0.3 is 0 Å². The Morgan fingerprint density at radius 2 is 0.481 bits per heavy atom. The smallest absolute Gasteiger partial charge is 0.0323 e. The van der Waals surface area contributed by atoms with Gasteiger partial charge >= 0.3 is 0 Å². The third-order valence-corrected chi connectivity index (χ3v) is 22.0. The van der Waals surface area contributed by atoms with Crippen molar-refractivity contribution in [3.05, 3.63) is 0 Å². The molecule has 0 heterocycles. The normalized spacial score (nSPS) is 55.3. The van der Waals surface area contributed by atoms with E-state index in [-0.39, 0.29) is 0 Å². The Labute approximate surface area is 322 Å². The molecular weight excluding hydrogens is 625 g/mol. The van der Waals surface area contributed by atoms with Crippen molar-refractivity contribution < 1.29 is 0 Å². The van der Waals surface area contributed by atoms with Crippen LogP contribution in [0.3, 0.4) is 0 Å². The molecule has 0 amide bonds. The van der Waals surface area contributed by atoms with Crippen molar-refractivity contribution in [1.29, 1.82) is 0 Å². The highest BCUT2D eigenvalue weighted by Gasteiger charge is 2.57. The maximum absolute atomic E-state index is 1.71. The summed E-state index contributed by atoms with van der Waals surface area (Å²) in [5.41, 5.74) is 0. The van der Waals surface area contributed by atoms with Crippen molar-refractivity contribution in [2.75, 3.05) is 0 Å². The summed E-state index contributed by atoms with van der Waals surface area (Å²) in [6, 6.07) is 0. The highest BCUT2D eigenvalue weighted by molar-refractivity contribution is 5.06. The van der Waals surface area contributed by atoms with E-state index in [1.54, 1.807) is 205 Å². The molecule has 11 saturated carbocycles. The minimum Gasteiger partial charge on any atom is -0.0533 e. The lowest BCUT2D eigenvalue weighted by atomic mass is 9.52. The molecule has 11 aliphatic carbocycles. The van der Waals surface area contributed by atoms with E-state index in [9.17, 15) is 0 Å². The van der Waals surface area contributed by atoms with Gasteiger partial charge in [0.15, 0.2) is 0 Å². The molecular formula is C52H84. The van der Waals surface area contributed by atoms with E-state index in [1.165, 1.54) is 0 Å². The van der Waals surface area contributed by atoms with Crippen molar-refractivity contribution in [3.63, 3.8) is 0 Å². The molecule has 0 aromatic rings. The Morgan fingerprint density at radius 3 is 1.19 bits per heavy atom. The lowest BCUT2D eigenvalue weighted by Gasteiger charge is -2.53. The van der Waals surface area contributed by atoms with Gasteiger partial charge in [0.2, 0.25) is 0 Å². The topological polar surface area (TPSA) is 0 Å². The molecule has 0 saturated heterocycles. The molecule has 19 unspecified atom stereocenters. The number of hydrogen-bond acceptors (Lipinski definition) is 0. The van der Waals surface area contributed by atoms with Crippen LogP contribution in [0.4, 0.5) is 0 Å². The van der Waals surface area contributed by atoms with E-state index in [0.717, 1.165) is 118 Å². The van der Waals surface area contributed by atoms with Gasteiger partial charge in [-0.05, 0) is 221 Å². The molecule has 0 aromatic heterocycles. The Balaban J connectivity index is 0.884. The van der Waals surface area contributed by atoms with Gasteiger partial charge in [-0.2, -0.15) is 0 Å². The highest BCUT2D eigenvalue weighted by Crippen LogP contribution is 2.65. The molecule has 19 atom stereocenters. The Bertz CT molecular complexity index is 1190. The Morgan fingerprint density at radius 1 is 0.154 bits per heavy atom. The van der Waals surface area contributed by atoms with Crippen LogP contribution in [0.1, 0.15) is 205 Å². The maximum atomic E-state index is 1.71. The molecule has 0 aromatic carbocycles. The Hall–Kier alpha value is 0. The van der Waals surface area contributed by atoms with Crippen LogP contribution >= 0.6 is 0 Å². The average Bonchev–Trinajstić information content (AvgIpc) is 3.76. The van der Waals surface area contributed by atoms with E-state index in [2.05, 4.69) is 0 Å². The van der Waals surface area contributed by atoms with Crippen molar-refractivity contribution in [2.45, 2.75) is 205 Å². The molecule has 0 radical (unpaired) electrons. The molecule has 0 aliphatic heterocycles. The maximum Gasteiger partial charge on any atom is -0.0323 e. The Kier molecular flexibility index (Phi) is 10.2. The van der Waals surface area contributed by atoms with Gasteiger partial charge in [0, 0.05) is 0 Å². The van der Waals surface area contributed by atoms with Gasteiger partial charge in [-0.25, -0.2) is 0 Å². The zero-order chi connectivity index (χ0) is 34.2. The van der Waals surface area contributed by atoms with E-state index in [4.69, 9.17) is 0 Å². The molecule has 0 nitrogen and oxygen atoms in total. The van der Waals surface area contributed by atoms with Crippen molar-refractivity contribution in [2.24, 2.45) is 118 Å². The lowest BCUT2D eigenvalue weighted by Crippen LogP contribution is -2.45. The summed E-state index contributed by atoms with van der Waals surface area (Å²) in [4.78, 5) is 0. The van der Waals surface area contributed by atoms with E-state index in [1.807, 2.05) is 0 Å². The van der Waals surface area contributed by atoms with Gasteiger partial charge in [-0.15, -0.1) is 0 Å². The second-order valence-electron chi connectivity index (χ2n) is 23.9. The van der Waals surface area contributed by atoms with Gasteiger partial charge in [-0.1, -0.05) is 103 Å². The molecule has 0 spiro atoms. The number of hydrogen-bond donors (Lipinski definition) is 0. The first-order valence-electron chi connectivity index (χ1n) is 25.7. The summed E-state index contributed by atoms with van der Waals surface area (Å²) in [5, 5.41) is 0. The van der Waals surface area contributed by atoms with Crippen LogP contribution in [0, 0.1) is 118 Å². The first-order valence-corrected chi connectivity index (χ1v) is 25.7. The summed E-state index contributed by atoms with van der Waals surface area (Å²) in [6.07, 6.45) is 52.1. The predicted octanol–water partition coefficient (Wildman–Crippen LogP) is 14.9. The van der Waals surface area contributed by atoms with Crippen LogP contribution in [0.15, 0.2) is 0 Å². The minimum atomic E-state index is 1.11. The molecule has 11 fully saturated rings. The average molecular weight is 709 g/mol. The largest absolute Gasteiger partial charge is 0.0533 e. The second-order valence-corrected chi connectivity index (χ2v) is 23.9. The van der Waals surface area contributed by atoms with Gasteiger partial charge in [0.1, 0.15) is 0 Å². The van der Waals surface area contributed by atoms with Gasteiger partial charge in [-0.3, -0.25) is 0 Å². The fourth-order valence-corrected chi connectivity index (χ4v) is 20.0. The summed E-state index contributed by atoms with van der Waals surface area (Å²) in [6.45, 7) is 0. The predicted molar refractivity (Wildman–Crippen MR) is 218 cm³/mol. The first-order chi connectivity index (χ1) is 25.7.